The van der Waals surface area contributed by atoms with Crippen LogP contribution in [0.25, 0.3) is 11.0 Å². The van der Waals surface area contributed by atoms with Crippen LogP contribution in [-0.2, 0) is 17.3 Å². The third-order valence-corrected chi connectivity index (χ3v) is 5.84. The normalized spacial score (nSPS) is 22.3. The largest absolute Gasteiger partial charge is 0.434 e. The molecule has 198 valence electrons. The molecule has 1 fully saturated rings. The molecule has 4 atom stereocenters. The molecular weight excluding hydrogens is 493 g/mol. The molecule has 0 radical (unpaired) electrons. The van der Waals surface area contributed by atoms with Crippen molar-refractivity contribution in [2.75, 3.05) is 18.5 Å². The van der Waals surface area contributed by atoms with Crippen LogP contribution in [0, 0.1) is 5.92 Å². The number of nitrogens with zero attached hydrogens (tertiary/aromatic N) is 4. The van der Waals surface area contributed by atoms with Gasteiger partial charge in [-0.3, -0.25) is 14.8 Å². The van der Waals surface area contributed by atoms with Crippen molar-refractivity contribution in [1.29, 1.82) is 0 Å². The lowest BCUT2D eigenvalue weighted by atomic mass is 9.98. The maximum Gasteiger partial charge on any atom is 0.434 e. The van der Waals surface area contributed by atoms with E-state index < -0.39 is 42.1 Å². The van der Waals surface area contributed by atoms with Gasteiger partial charge in [-0.1, -0.05) is 19.9 Å². The fourth-order valence-electron chi connectivity index (χ4n) is 4.00. The number of ether oxygens (including phenoxy) is 1. The molecule has 4 N–H and O–H groups in total. The standard InChI is InChI=1S/C24H27F3N6O4/c1-12(2)5-13-3-4-14-15(6-13)29-7-16(31-14)23(36)30-8-18-22(35)21(34)17(11-37-18)32-20-10-28-9-19(33-20)24(25,26)27/h3-4,6-7,9-10,12,17-18,21-22,34-35H,5,8,11H2,1-2H3,(H,30,36)(H,32,33)/t17-,18+,21+,22-/m0/s1. The molecule has 3 aromatic rings. The average molecular weight is 521 g/mol. The Morgan fingerprint density at radius 3 is 2.65 bits per heavy atom. The summed E-state index contributed by atoms with van der Waals surface area (Å²) in [4.78, 5) is 28.2. The number of aliphatic hydroxyl groups excluding tert-OH is 2. The number of alkyl halides is 3. The lowest BCUT2D eigenvalue weighted by Gasteiger charge is -2.38. The molecule has 0 unspecified atom stereocenters. The molecule has 13 heteroatoms. The number of fused-ring (bicyclic) bond motifs is 1. The van der Waals surface area contributed by atoms with E-state index in [1.165, 1.54) is 6.20 Å². The van der Waals surface area contributed by atoms with Gasteiger partial charge in [0, 0.05) is 6.54 Å². The second kappa shape index (κ2) is 10.9. The molecule has 0 aliphatic carbocycles. The van der Waals surface area contributed by atoms with Crippen LogP contribution in [0.1, 0.15) is 35.6 Å². The third kappa shape index (κ3) is 6.48. The minimum Gasteiger partial charge on any atom is -0.388 e. The summed E-state index contributed by atoms with van der Waals surface area (Å²) in [6.45, 7) is 3.94. The number of benzene rings is 1. The van der Waals surface area contributed by atoms with Crippen molar-refractivity contribution >= 4 is 22.8 Å². The first-order chi connectivity index (χ1) is 17.5. The summed E-state index contributed by atoms with van der Waals surface area (Å²) in [6.07, 6.45) is -4.58. The molecule has 0 bridgehead atoms. The molecule has 4 rings (SSSR count). The molecule has 0 saturated carbocycles. The summed E-state index contributed by atoms with van der Waals surface area (Å²) >= 11 is 0. The highest BCUT2D eigenvalue weighted by molar-refractivity contribution is 5.93. The molecule has 2 aromatic heterocycles. The predicted octanol–water partition coefficient (Wildman–Crippen LogP) is 1.97. The summed E-state index contributed by atoms with van der Waals surface area (Å²) < 4.78 is 44.1. The molecule has 0 spiro atoms. The van der Waals surface area contributed by atoms with Gasteiger partial charge in [-0.05, 0) is 30.0 Å². The molecule has 37 heavy (non-hydrogen) atoms. The maximum atomic E-state index is 12.9. The zero-order valence-electron chi connectivity index (χ0n) is 20.1. The van der Waals surface area contributed by atoms with Crippen LogP contribution in [0.15, 0.2) is 36.8 Å². The summed E-state index contributed by atoms with van der Waals surface area (Å²) in [7, 11) is 0. The monoisotopic (exact) mass is 520 g/mol. The molecule has 1 aromatic carbocycles. The Morgan fingerprint density at radius 2 is 1.92 bits per heavy atom. The van der Waals surface area contributed by atoms with Crippen LogP contribution in [0.2, 0.25) is 0 Å². The highest BCUT2D eigenvalue weighted by Crippen LogP contribution is 2.28. The van der Waals surface area contributed by atoms with Gasteiger partial charge in [-0.25, -0.2) is 9.97 Å². The fraction of sp³-hybridized carbons (Fsp3) is 0.458. The van der Waals surface area contributed by atoms with Gasteiger partial charge < -0.3 is 25.6 Å². The van der Waals surface area contributed by atoms with Crippen molar-refractivity contribution in [3.8, 4) is 0 Å². The van der Waals surface area contributed by atoms with E-state index in [1.54, 1.807) is 0 Å². The van der Waals surface area contributed by atoms with Crippen LogP contribution in [0.3, 0.4) is 0 Å². The maximum absolute atomic E-state index is 12.9. The first-order valence-electron chi connectivity index (χ1n) is 11.7. The van der Waals surface area contributed by atoms with E-state index >= 15 is 0 Å². The lowest BCUT2D eigenvalue weighted by molar-refractivity contribution is -0.141. The third-order valence-electron chi connectivity index (χ3n) is 5.84. The van der Waals surface area contributed by atoms with E-state index in [4.69, 9.17) is 4.74 Å². The molecule has 10 nitrogen and oxygen atoms in total. The number of halogens is 3. The minimum atomic E-state index is -4.68. The van der Waals surface area contributed by atoms with Crippen molar-refractivity contribution in [2.45, 2.75) is 50.8 Å². The first-order valence-corrected chi connectivity index (χ1v) is 11.7. The summed E-state index contributed by atoms with van der Waals surface area (Å²) in [5, 5.41) is 26.2. The Bertz CT molecular complexity index is 1260. The summed E-state index contributed by atoms with van der Waals surface area (Å²) in [6, 6.07) is 4.74. The number of carbonyl (C=O) groups is 1. The Labute approximate surface area is 210 Å². The van der Waals surface area contributed by atoms with Gasteiger partial charge in [0.05, 0.1) is 42.3 Å². The highest BCUT2D eigenvalue weighted by Gasteiger charge is 2.39. The van der Waals surface area contributed by atoms with Gasteiger partial charge in [0.25, 0.3) is 5.91 Å². The number of aliphatic hydroxyl groups is 2. The predicted molar refractivity (Wildman–Crippen MR) is 127 cm³/mol. The molecule has 1 amide bonds. The zero-order valence-corrected chi connectivity index (χ0v) is 20.1. The topological polar surface area (TPSA) is 142 Å². The van der Waals surface area contributed by atoms with Gasteiger partial charge in [0.15, 0.2) is 5.69 Å². The molecule has 1 aliphatic rings. The van der Waals surface area contributed by atoms with Crippen molar-refractivity contribution in [2.24, 2.45) is 5.92 Å². The van der Waals surface area contributed by atoms with E-state index in [0.717, 1.165) is 18.2 Å². The van der Waals surface area contributed by atoms with Crippen LogP contribution in [0.5, 0.6) is 0 Å². The smallest absolute Gasteiger partial charge is 0.388 e. The van der Waals surface area contributed by atoms with Crippen molar-refractivity contribution < 1.29 is 32.9 Å². The Morgan fingerprint density at radius 1 is 1.14 bits per heavy atom. The number of nitrogens with one attached hydrogen (secondary N) is 2. The molecule has 1 saturated heterocycles. The molecule has 1 aliphatic heterocycles. The van der Waals surface area contributed by atoms with E-state index in [2.05, 4.69) is 44.4 Å². The summed E-state index contributed by atoms with van der Waals surface area (Å²) in [5.41, 5.74) is 1.25. The fourth-order valence-corrected chi connectivity index (χ4v) is 4.00. The lowest BCUT2D eigenvalue weighted by Crippen LogP contribution is -2.58. The summed E-state index contributed by atoms with van der Waals surface area (Å²) in [5.74, 6) is -0.273. The molecule has 3 heterocycles. The number of hydrogen-bond donors (Lipinski definition) is 4. The van der Waals surface area contributed by atoms with Gasteiger partial charge >= 0.3 is 6.18 Å². The number of rotatable bonds is 7. The van der Waals surface area contributed by atoms with Crippen molar-refractivity contribution in [1.82, 2.24) is 25.3 Å². The van der Waals surface area contributed by atoms with Gasteiger partial charge in [-0.15, -0.1) is 0 Å². The minimum absolute atomic E-state index is 0.0811. The number of amides is 1. The average Bonchev–Trinajstić information content (AvgIpc) is 2.85. The van der Waals surface area contributed by atoms with Crippen LogP contribution in [0.4, 0.5) is 19.0 Å². The van der Waals surface area contributed by atoms with E-state index in [-0.39, 0.29) is 24.7 Å². The van der Waals surface area contributed by atoms with E-state index in [0.29, 0.717) is 23.1 Å². The van der Waals surface area contributed by atoms with Crippen LogP contribution in [-0.4, -0.2) is 73.6 Å². The second-order valence-electron chi connectivity index (χ2n) is 9.28. The number of aromatic nitrogens is 4. The second-order valence-corrected chi connectivity index (χ2v) is 9.28. The van der Waals surface area contributed by atoms with E-state index in [1.807, 2.05) is 18.2 Å². The number of hydrogen-bond acceptors (Lipinski definition) is 9. The van der Waals surface area contributed by atoms with Gasteiger partial charge in [0.2, 0.25) is 0 Å². The number of carbonyl (C=O) groups excluding carboxylic acids is 1. The van der Waals surface area contributed by atoms with Crippen molar-refractivity contribution in [3.05, 3.63) is 53.7 Å². The SMILES string of the molecule is CC(C)Cc1ccc2nc(C(=O)NC[C@H]3OC[C@H](Nc4cncc(C(F)(F)F)n4)[C@@H](O)[C@H]3O)cnc2c1. The van der Waals surface area contributed by atoms with Crippen molar-refractivity contribution in [3.63, 3.8) is 0 Å². The highest BCUT2D eigenvalue weighted by atomic mass is 19.4. The van der Waals surface area contributed by atoms with Gasteiger partial charge in [0.1, 0.15) is 29.8 Å². The first kappa shape index (κ1) is 26.6. The van der Waals surface area contributed by atoms with Crippen LogP contribution < -0.4 is 10.6 Å². The van der Waals surface area contributed by atoms with Gasteiger partial charge in [-0.2, -0.15) is 13.2 Å². The zero-order chi connectivity index (χ0) is 26.7. The Hall–Kier alpha value is -3.42. The van der Waals surface area contributed by atoms with Crippen LogP contribution >= 0.6 is 0 Å². The quantitative estimate of drug-likeness (QED) is 0.368. The number of anilines is 1. The Balaban J connectivity index is 1.34. The van der Waals surface area contributed by atoms with E-state index in [9.17, 15) is 28.2 Å². The Kier molecular flexibility index (Phi) is 7.85. The molecular formula is C24H27F3N6O4.